The summed E-state index contributed by atoms with van der Waals surface area (Å²) >= 11 is 1.18. The zero-order chi connectivity index (χ0) is 7.68. The van der Waals surface area contributed by atoms with Crippen molar-refractivity contribution in [1.29, 1.82) is 0 Å². The van der Waals surface area contributed by atoms with Crippen LogP contribution in [-0.2, 0) is 6.54 Å². The molecular formula is C9H9NSn. The Labute approximate surface area is 80.2 Å². The van der Waals surface area contributed by atoms with Gasteiger partial charge < -0.3 is 0 Å². The Morgan fingerprint density at radius 1 is 1.27 bits per heavy atom. The molecule has 2 heteroatoms. The molecule has 0 saturated carbocycles. The second-order valence-corrected chi connectivity index (χ2v) is 4.58. The van der Waals surface area contributed by atoms with E-state index < -0.39 is 0 Å². The van der Waals surface area contributed by atoms with Gasteiger partial charge in [-0.1, -0.05) is 0 Å². The van der Waals surface area contributed by atoms with Gasteiger partial charge in [0.1, 0.15) is 0 Å². The van der Waals surface area contributed by atoms with Crippen molar-refractivity contribution >= 4 is 28.9 Å². The van der Waals surface area contributed by atoms with Crippen molar-refractivity contribution in [1.82, 2.24) is 3.12 Å². The molecule has 1 aromatic rings. The SMILES string of the molecule is [SnH][N]1C=Cc2ccccc2C1. The maximum atomic E-state index is 2.31. The molecule has 0 amide bonds. The van der Waals surface area contributed by atoms with Crippen LogP contribution in [0.4, 0.5) is 0 Å². The van der Waals surface area contributed by atoms with Crippen LogP contribution in [0.15, 0.2) is 30.5 Å². The summed E-state index contributed by atoms with van der Waals surface area (Å²) in [6.45, 7) is 1.09. The van der Waals surface area contributed by atoms with Gasteiger partial charge in [-0.25, -0.2) is 0 Å². The van der Waals surface area contributed by atoms with Gasteiger partial charge >= 0.3 is 80.1 Å². The summed E-state index contributed by atoms with van der Waals surface area (Å²) in [4.78, 5) is 0. The zero-order valence-electron chi connectivity index (χ0n) is 6.20. The van der Waals surface area contributed by atoms with Crippen LogP contribution in [0.25, 0.3) is 6.08 Å². The van der Waals surface area contributed by atoms with E-state index in [4.69, 9.17) is 0 Å². The first-order valence-electron chi connectivity index (χ1n) is 3.64. The predicted octanol–water partition coefficient (Wildman–Crippen LogP) is 1.29. The molecule has 2 rings (SSSR count). The second kappa shape index (κ2) is 2.89. The molecular weight excluding hydrogens is 241 g/mol. The molecule has 1 aliphatic heterocycles. The molecule has 11 heavy (non-hydrogen) atoms. The standard InChI is InChI=1S/C9H8N.Sn.H/c1-2-4-9-7-10-6-5-8(9)3-1;;/h1-6H,7H2;;/q-1;+1;. The minimum absolute atomic E-state index is 1.09. The molecule has 0 spiro atoms. The fourth-order valence-electron chi connectivity index (χ4n) is 1.27. The molecule has 1 heterocycles. The molecule has 0 bridgehead atoms. The Morgan fingerprint density at radius 3 is 3.00 bits per heavy atom. The summed E-state index contributed by atoms with van der Waals surface area (Å²) in [5.74, 6) is 0. The first-order valence-corrected chi connectivity index (χ1v) is 5.11. The van der Waals surface area contributed by atoms with Gasteiger partial charge in [-0.05, 0) is 0 Å². The molecule has 0 atom stereocenters. The van der Waals surface area contributed by atoms with Crippen molar-refractivity contribution in [3.05, 3.63) is 41.6 Å². The molecule has 54 valence electrons. The van der Waals surface area contributed by atoms with Crippen LogP contribution < -0.4 is 0 Å². The van der Waals surface area contributed by atoms with Crippen molar-refractivity contribution in [3.8, 4) is 0 Å². The molecule has 1 aliphatic rings. The van der Waals surface area contributed by atoms with Crippen molar-refractivity contribution in [2.75, 3.05) is 0 Å². The normalized spacial score (nSPS) is 14.8. The van der Waals surface area contributed by atoms with E-state index >= 15 is 0 Å². The van der Waals surface area contributed by atoms with Gasteiger partial charge in [0, 0.05) is 0 Å². The van der Waals surface area contributed by atoms with E-state index in [1.807, 2.05) is 0 Å². The summed E-state index contributed by atoms with van der Waals surface area (Å²) in [7, 11) is 0. The number of fused-ring (bicyclic) bond motifs is 1. The van der Waals surface area contributed by atoms with E-state index in [1.54, 1.807) is 0 Å². The zero-order valence-corrected chi connectivity index (χ0v) is 9.49. The average molecular weight is 250 g/mol. The summed E-state index contributed by atoms with van der Waals surface area (Å²) in [6, 6.07) is 8.55. The number of hydrogen-bond donors (Lipinski definition) is 0. The van der Waals surface area contributed by atoms with Gasteiger partial charge in [-0.2, -0.15) is 0 Å². The summed E-state index contributed by atoms with van der Waals surface area (Å²) in [5.41, 5.74) is 2.82. The quantitative estimate of drug-likeness (QED) is 0.627. The van der Waals surface area contributed by atoms with E-state index in [1.165, 1.54) is 33.9 Å². The monoisotopic (exact) mass is 251 g/mol. The van der Waals surface area contributed by atoms with E-state index in [9.17, 15) is 0 Å². The molecule has 0 N–H and O–H groups in total. The fraction of sp³-hybridized carbons (Fsp3) is 0.111. The first-order chi connectivity index (χ1) is 5.36. The van der Waals surface area contributed by atoms with Crippen molar-refractivity contribution < 1.29 is 0 Å². The van der Waals surface area contributed by atoms with Crippen molar-refractivity contribution in [2.24, 2.45) is 0 Å². The van der Waals surface area contributed by atoms with Gasteiger partial charge in [-0.3, -0.25) is 0 Å². The minimum atomic E-state index is 1.09. The third kappa shape index (κ3) is 1.43. The molecule has 2 radical (unpaired) electrons. The molecule has 1 nitrogen and oxygen atoms in total. The van der Waals surface area contributed by atoms with Crippen molar-refractivity contribution in [3.63, 3.8) is 0 Å². The summed E-state index contributed by atoms with van der Waals surface area (Å²) < 4.78 is 2.31. The molecule has 0 aliphatic carbocycles. The number of nitrogens with zero attached hydrogens (tertiary/aromatic N) is 1. The Morgan fingerprint density at radius 2 is 2.09 bits per heavy atom. The van der Waals surface area contributed by atoms with E-state index in [0.717, 1.165) is 6.54 Å². The Hall–Kier alpha value is -0.441. The van der Waals surface area contributed by atoms with Crippen LogP contribution in [0.2, 0.25) is 0 Å². The van der Waals surface area contributed by atoms with Crippen LogP contribution in [-0.4, -0.2) is 25.9 Å². The summed E-state index contributed by atoms with van der Waals surface area (Å²) in [5, 5.41) is 0. The van der Waals surface area contributed by atoms with Crippen LogP contribution >= 0.6 is 0 Å². The number of benzene rings is 1. The number of hydrogen-bond acceptors (Lipinski definition) is 1. The fourth-order valence-corrected chi connectivity index (χ4v) is 2.07. The van der Waals surface area contributed by atoms with Crippen molar-refractivity contribution in [2.45, 2.75) is 6.54 Å². The van der Waals surface area contributed by atoms with E-state index in [0.29, 0.717) is 0 Å². The molecule has 0 aromatic heterocycles. The van der Waals surface area contributed by atoms with Gasteiger partial charge in [0.15, 0.2) is 0 Å². The van der Waals surface area contributed by atoms with Crippen LogP contribution in [0, 0.1) is 0 Å². The molecule has 0 unspecified atom stereocenters. The molecule has 0 fully saturated rings. The van der Waals surface area contributed by atoms with Gasteiger partial charge in [-0.15, -0.1) is 0 Å². The average Bonchev–Trinajstić information content (AvgIpc) is 2.04. The Bertz CT molecular complexity index is 293. The van der Waals surface area contributed by atoms with Crippen LogP contribution in [0.5, 0.6) is 0 Å². The summed E-state index contributed by atoms with van der Waals surface area (Å²) in [6.07, 6.45) is 4.36. The number of rotatable bonds is 0. The maximum absolute atomic E-state index is 2.31. The molecule has 1 aromatic carbocycles. The third-order valence-corrected chi connectivity index (χ3v) is 2.87. The van der Waals surface area contributed by atoms with Gasteiger partial charge in [0.25, 0.3) is 0 Å². The third-order valence-electron chi connectivity index (χ3n) is 1.85. The van der Waals surface area contributed by atoms with E-state index in [-0.39, 0.29) is 0 Å². The Balaban J connectivity index is 2.46. The van der Waals surface area contributed by atoms with Crippen LogP contribution in [0.1, 0.15) is 11.1 Å². The van der Waals surface area contributed by atoms with Crippen LogP contribution in [0.3, 0.4) is 0 Å². The topological polar surface area (TPSA) is 3.24 Å². The Kier molecular flexibility index (Phi) is 1.90. The second-order valence-electron chi connectivity index (χ2n) is 2.69. The van der Waals surface area contributed by atoms with Gasteiger partial charge in [0.2, 0.25) is 0 Å². The van der Waals surface area contributed by atoms with Gasteiger partial charge in [0.05, 0.1) is 0 Å². The molecule has 0 saturated heterocycles. The first kappa shape index (κ1) is 7.22. The predicted molar refractivity (Wildman–Crippen MR) is 48.2 cm³/mol. The van der Waals surface area contributed by atoms with E-state index in [2.05, 4.69) is 39.7 Å².